The molecule has 1 saturated heterocycles. The van der Waals surface area contributed by atoms with E-state index in [1.54, 1.807) is 0 Å². The summed E-state index contributed by atoms with van der Waals surface area (Å²) in [5.41, 5.74) is 1.37. The van der Waals surface area contributed by atoms with Crippen LogP contribution in [0.15, 0.2) is 6.07 Å². The summed E-state index contributed by atoms with van der Waals surface area (Å²) in [7, 11) is 1.89. The van der Waals surface area contributed by atoms with Gasteiger partial charge in [0.1, 0.15) is 0 Å². The predicted octanol–water partition coefficient (Wildman–Crippen LogP) is 0.979. The van der Waals surface area contributed by atoms with Crippen LogP contribution in [0.2, 0.25) is 0 Å². The number of aliphatic carboxylic acids is 1. The molecule has 5 nitrogen and oxygen atoms in total. The molecule has 0 saturated carbocycles. The van der Waals surface area contributed by atoms with Gasteiger partial charge in [-0.1, -0.05) is 6.92 Å². The lowest BCUT2D eigenvalue weighted by Gasteiger charge is -2.33. The summed E-state index contributed by atoms with van der Waals surface area (Å²) in [5, 5.41) is 17.1. The van der Waals surface area contributed by atoms with Crippen molar-refractivity contribution in [1.29, 1.82) is 0 Å². The van der Waals surface area contributed by atoms with Gasteiger partial charge in [0.2, 0.25) is 0 Å². The zero-order chi connectivity index (χ0) is 13.2. The van der Waals surface area contributed by atoms with Crippen LogP contribution in [0.3, 0.4) is 0 Å². The van der Waals surface area contributed by atoms with E-state index in [-0.39, 0.29) is 0 Å². The summed E-state index contributed by atoms with van der Waals surface area (Å²) < 4.78 is 1.82. The highest BCUT2D eigenvalue weighted by atomic mass is 16.4. The molecule has 0 radical (unpaired) electrons. The molecule has 1 fully saturated rings. The zero-order valence-electron chi connectivity index (χ0n) is 11.1. The average Bonchev–Trinajstić information content (AvgIpc) is 2.71. The molecule has 100 valence electrons. The summed E-state index contributed by atoms with van der Waals surface area (Å²) in [6.07, 6.45) is 3.09. The highest BCUT2D eigenvalue weighted by molar-refractivity contribution is 5.75. The second-order valence-corrected chi connectivity index (χ2v) is 5.15. The molecule has 0 aromatic carbocycles. The minimum atomic E-state index is -0.700. The highest BCUT2D eigenvalue weighted by Crippen LogP contribution is 2.31. The molecule has 1 aromatic heterocycles. The molecule has 1 aliphatic heterocycles. The first kappa shape index (κ1) is 13.1. The average molecular weight is 251 g/mol. The lowest BCUT2D eigenvalue weighted by atomic mass is 9.77. The number of rotatable bonds is 4. The molecule has 2 rings (SSSR count). The Hall–Kier alpha value is -1.36. The predicted molar refractivity (Wildman–Crippen MR) is 68.5 cm³/mol. The second kappa shape index (κ2) is 5.10. The Balaban J connectivity index is 2.22. The van der Waals surface area contributed by atoms with Crippen molar-refractivity contribution in [3.63, 3.8) is 0 Å². The van der Waals surface area contributed by atoms with Gasteiger partial charge in [-0.05, 0) is 31.9 Å². The molecular formula is C13H21N3O2. The van der Waals surface area contributed by atoms with Crippen molar-refractivity contribution >= 4 is 5.97 Å². The number of piperidine rings is 1. The molecule has 2 N–H and O–H groups in total. The molecule has 1 unspecified atom stereocenters. The monoisotopic (exact) mass is 251 g/mol. The first-order chi connectivity index (χ1) is 8.57. The second-order valence-electron chi connectivity index (χ2n) is 5.15. The maximum Gasteiger partial charge on any atom is 0.311 e. The number of aryl methyl sites for hydroxylation is 2. The quantitative estimate of drug-likeness (QED) is 0.837. The molecular weight excluding hydrogens is 230 g/mol. The van der Waals surface area contributed by atoms with Crippen LogP contribution in [0.25, 0.3) is 0 Å². The van der Waals surface area contributed by atoms with Crippen LogP contribution in [0.5, 0.6) is 0 Å². The van der Waals surface area contributed by atoms with E-state index >= 15 is 0 Å². The Bertz CT molecular complexity index is 433. The van der Waals surface area contributed by atoms with E-state index in [4.69, 9.17) is 0 Å². The van der Waals surface area contributed by atoms with Gasteiger partial charge >= 0.3 is 5.97 Å². The maximum absolute atomic E-state index is 11.6. The van der Waals surface area contributed by atoms with Crippen molar-refractivity contribution in [3.05, 3.63) is 17.5 Å². The van der Waals surface area contributed by atoms with Crippen molar-refractivity contribution in [2.24, 2.45) is 12.5 Å². The molecule has 1 atom stereocenters. The fourth-order valence-corrected chi connectivity index (χ4v) is 2.63. The highest BCUT2D eigenvalue weighted by Gasteiger charge is 2.40. The van der Waals surface area contributed by atoms with Gasteiger partial charge in [-0.25, -0.2) is 0 Å². The van der Waals surface area contributed by atoms with Crippen molar-refractivity contribution in [1.82, 2.24) is 15.1 Å². The van der Waals surface area contributed by atoms with Gasteiger partial charge in [-0.3, -0.25) is 9.48 Å². The molecule has 1 aliphatic rings. The summed E-state index contributed by atoms with van der Waals surface area (Å²) in [5.74, 6) is -0.700. The van der Waals surface area contributed by atoms with Crippen LogP contribution in [0.1, 0.15) is 31.2 Å². The Morgan fingerprint density at radius 1 is 1.67 bits per heavy atom. The van der Waals surface area contributed by atoms with Gasteiger partial charge in [0.15, 0.2) is 0 Å². The van der Waals surface area contributed by atoms with E-state index in [1.807, 2.05) is 17.8 Å². The summed E-state index contributed by atoms with van der Waals surface area (Å²) in [6, 6.07) is 2.03. The first-order valence-electron chi connectivity index (χ1n) is 6.53. The summed E-state index contributed by atoms with van der Waals surface area (Å²) in [4.78, 5) is 11.6. The Labute approximate surface area is 107 Å². The fraction of sp³-hybridized carbons (Fsp3) is 0.692. The zero-order valence-corrected chi connectivity index (χ0v) is 11.1. The third-order valence-electron chi connectivity index (χ3n) is 3.84. The van der Waals surface area contributed by atoms with Crippen molar-refractivity contribution in [3.8, 4) is 0 Å². The molecule has 5 heteroatoms. The Kier molecular flexibility index (Phi) is 3.71. The van der Waals surface area contributed by atoms with Crippen LogP contribution in [0.4, 0.5) is 0 Å². The van der Waals surface area contributed by atoms with Crippen molar-refractivity contribution in [2.45, 2.75) is 32.6 Å². The molecule has 2 heterocycles. The standard InChI is InChI=1S/C13H21N3O2/c1-3-10-7-11(16(2)15-10)8-13(12(17)18)5-4-6-14-9-13/h7,14H,3-6,8-9H2,1-2H3,(H,17,18). The third-order valence-corrected chi connectivity index (χ3v) is 3.84. The topological polar surface area (TPSA) is 67.2 Å². The number of nitrogens with one attached hydrogen (secondary N) is 1. The van der Waals surface area contributed by atoms with E-state index in [9.17, 15) is 9.90 Å². The van der Waals surface area contributed by atoms with Gasteiger partial charge in [0.05, 0.1) is 11.1 Å². The summed E-state index contributed by atoms with van der Waals surface area (Å²) in [6.45, 7) is 3.52. The Morgan fingerprint density at radius 2 is 2.44 bits per heavy atom. The van der Waals surface area contributed by atoms with Crippen molar-refractivity contribution < 1.29 is 9.90 Å². The van der Waals surface area contributed by atoms with Crippen LogP contribution < -0.4 is 5.32 Å². The first-order valence-corrected chi connectivity index (χ1v) is 6.53. The number of carboxylic acids is 1. The van der Waals surface area contributed by atoms with E-state index in [0.29, 0.717) is 13.0 Å². The van der Waals surface area contributed by atoms with Gasteiger partial charge < -0.3 is 10.4 Å². The number of carboxylic acid groups (broad SMARTS) is 1. The molecule has 0 amide bonds. The van der Waals surface area contributed by atoms with Crippen LogP contribution in [0, 0.1) is 5.41 Å². The van der Waals surface area contributed by atoms with Gasteiger partial charge in [-0.15, -0.1) is 0 Å². The lowest BCUT2D eigenvalue weighted by Crippen LogP contribution is -2.47. The molecule has 0 bridgehead atoms. The van der Waals surface area contributed by atoms with Crippen molar-refractivity contribution in [2.75, 3.05) is 13.1 Å². The largest absolute Gasteiger partial charge is 0.481 e. The number of hydrogen-bond acceptors (Lipinski definition) is 3. The minimum absolute atomic E-state index is 0.551. The normalized spacial score (nSPS) is 24.1. The van der Waals surface area contributed by atoms with Gasteiger partial charge in [0.25, 0.3) is 0 Å². The molecule has 0 aliphatic carbocycles. The van der Waals surface area contributed by atoms with E-state index in [0.717, 1.165) is 37.2 Å². The number of carbonyl (C=O) groups is 1. The minimum Gasteiger partial charge on any atom is -0.481 e. The SMILES string of the molecule is CCc1cc(CC2(C(=O)O)CCCNC2)n(C)n1. The van der Waals surface area contributed by atoms with Crippen LogP contribution >= 0.6 is 0 Å². The smallest absolute Gasteiger partial charge is 0.311 e. The fourth-order valence-electron chi connectivity index (χ4n) is 2.63. The van der Waals surface area contributed by atoms with E-state index in [2.05, 4.69) is 17.3 Å². The lowest BCUT2D eigenvalue weighted by molar-refractivity contribution is -0.150. The number of nitrogens with zero attached hydrogens (tertiary/aromatic N) is 2. The third kappa shape index (κ3) is 2.41. The summed E-state index contributed by atoms with van der Waals surface area (Å²) >= 11 is 0. The van der Waals surface area contributed by atoms with Gasteiger partial charge in [0, 0.05) is 25.7 Å². The van der Waals surface area contributed by atoms with E-state index < -0.39 is 11.4 Å². The number of aromatic nitrogens is 2. The maximum atomic E-state index is 11.6. The Morgan fingerprint density at radius 3 is 2.94 bits per heavy atom. The van der Waals surface area contributed by atoms with Crippen LogP contribution in [-0.2, 0) is 24.7 Å². The number of hydrogen-bond donors (Lipinski definition) is 2. The molecule has 0 spiro atoms. The van der Waals surface area contributed by atoms with Gasteiger partial charge in [-0.2, -0.15) is 5.10 Å². The molecule has 18 heavy (non-hydrogen) atoms. The molecule has 1 aromatic rings. The van der Waals surface area contributed by atoms with Crippen LogP contribution in [-0.4, -0.2) is 33.9 Å². The van der Waals surface area contributed by atoms with E-state index in [1.165, 1.54) is 0 Å².